The molecule has 1 heterocycles. The van der Waals surface area contributed by atoms with E-state index in [2.05, 4.69) is 29.2 Å². The van der Waals surface area contributed by atoms with Gasteiger partial charge in [0.15, 0.2) is 0 Å². The number of benzene rings is 2. The van der Waals surface area contributed by atoms with E-state index in [1.807, 2.05) is 18.2 Å². The Labute approximate surface area is 149 Å². The highest BCUT2D eigenvalue weighted by Gasteiger charge is 2.25. The third-order valence-corrected chi connectivity index (χ3v) is 4.80. The minimum Gasteiger partial charge on any atom is -1.00 e. The number of hydrogen-bond donors (Lipinski definition) is 1. The number of halogens is 2. The second-order valence-electron chi connectivity index (χ2n) is 4.95. The van der Waals surface area contributed by atoms with Gasteiger partial charge in [-0.1, -0.05) is 47.2 Å². The van der Waals surface area contributed by atoms with Crippen LogP contribution in [0.2, 0.25) is 5.02 Å². The van der Waals surface area contributed by atoms with E-state index in [-0.39, 0.29) is 24.0 Å². The van der Waals surface area contributed by atoms with Gasteiger partial charge in [0.25, 0.3) is 0 Å². The molecule has 0 amide bonds. The van der Waals surface area contributed by atoms with Crippen molar-refractivity contribution >= 4 is 28.1 Å². The number of hydrogen-bond acceptors (Lipinski definition) is 2. The molecule has 4 rings (SSSR count). The van der Waals surface area contributed by atoms with Gasteiger partial charge in [0.1, 0.15) is 5.69 Å². The van der Waals surface area contributed by atoms with E-state index in [4.69, 9.17) is 17.3 Å². The largest absolute Gasteiger partial charge is 1.00 e. The SMILES string of the molecule is Nc1[nH+]c2c(s1)Cc1cc(-c3cccc(Cl)c3)ccc1-2.[I-]. The van der Waals surface area contributed by atoms with Crippen LogP contribution < -0.4 is 34.7 Å². The van der Waals surface area contributed by atoms with Gasteiger partial charge in [-0.2, -0.15) is 0 Å². The predicted octanol–water partition coefficient (Wildman–Crippen LogP) is 1.04. The maximum absolute atomic E-state index is 6.07. The fourth-order valence-electron chi connectivity index (χ4n) is 2.75. The summed E-state index contributed by atoms with van der Waals surface area (Å²) in [5.74, 6) is 0. The highest BCUT2D eigenvalue weighted by atomic mass is 127. The molecular weight excluding hydrogens is 415 g/mol. The molecule has 0 aliphatic heterocycles. The molecule has 21 heavy (non-hydrogen) atoms. The predicted molar refractivity (Wildman–Crippen MR) is 84.0 cm³/mol. The summed E-state index contributed by atoms with van der Waals surface area (Å²) in [5.41, 5.74) is 12.0. The van der Waals surface area contributed by atoms with Crippen molar-refractivity contribution in [2.75, 3.05) is 5.73 Å². The van der Waals surface area contributed by atoms with Crippen LogP contribution in [0.3, 0.4) is 0 Å². The molecule has 1 aliphatic carbocycles. The maximum Gasteiger partial charge on any atom is 0.330 e. The zero-order valence-electron chi connectivity index (χ0n) is 11.0. The number of nitrogen functional groups attached to an aromatic ring is 1. The zero-order valence-corrected chi connectivity index (χ0v) is 14.7. The third-order valence-electron chi connectivity index (χ3n) is 3.64. The van der Waals surface area contributed by atoms with Gasteiger partial charge in [-0.15, -0.1) is 0 Å². The lowest BCUT2D eigenvalue weighted by molar-refractivity contribution is -0.340. The summed E-state index contributed by atoms with van der Waals surface area (Å²) in [4.78, 5) is 4.58. The van der Waals surface area contributed by atoms with Gasteiger partial charge in [-0.3, -0.25) is 5.73 Å². The van der Waals surface area contributed by atoms with Gasteiger partial charge in [0.2, 0.25) is 0 Å². The van der Waals surface area contributed by atoms with Crippen molar-refractivity contribution in [3.05, 3.63) is 57.9 Å². The number of nitrogens with two attached hydrogens (primary N) is 1. The van der Waals surface area contributed by atoms with Crippen molar-refractivity contribution < 1.29 is 29.0 Å². The van der Waals surface area contributed by atoms with Crippen LogP contribution in [-0.4, -0.2) is 0 Å². The highest BCUT2D eigenvalue weighted by Crippen LogP contribution is 2.39. The fraction of sp³-hybridized carbons (Fsp3) is 0.0625. The van der Waals surface area contributed by atoms with Gasteiger partial charge in [-0.05, 0) is 34.9 Å². The van der Waals surface area contributed by atoms with Gasteiger partial charge < -0.3 is 24.0 Å². The number of rotatable bonds is 1. The Bertz CT molecular complexity index is 829. The summed E-state index contributed by atoms with van der Waals surface area (Å²) < 4.78 is 0. The molecule has 1 aliphatic rings. The number of aromatic nitrogens is 1. The monoisotopic (exact) mass is 426 g/mol. The average molecular weight is 427 g/mol. The number of fused-ring (bicyclic) bond motifs is 3. The van der Waals surface area contributed by atoms with E-state index in [0.29, 0.717) is 0 Å². The lowest BCUT2D eigenvalue weighted by Crippen LogP contribution is -3.00. The van der Waals surface area contributed by atoms with E-state index in [9.17, 15) is 0 Å². The van der Waals surface area contributed by atoms with Crippen LogP contribution in [0, 0.1) is 0 Å². The standard InChI is InChI=1S/C16H11ClN2S.HI/c17-12-3-1-2-9(7-12)10-4-5-13-11(6-10)8-14-15(13)19-16(18)20-14;/h1-7H,8H2,(H2,18,19);1H. The first-order valence-electron chi connectivity index (χ1n) is 6.40. The minimum atomic E-state index is 0. The molecule has 0 saturated carbocycles. The number of anilines is 1. The quantitative estimate of drug-likeness (QED) is 0.454. The van der Waals surface area contributed by atoms with Crippen LogP contribution in [0.25, 0.3) is 22.4 Å². The van der Waals surface area contributed by atoms with Crippen molar-refractivity contribution in [2.45, 2.75) is 6.42 Å². The van der Waals surface area contributed by atoms with Crippen LogP contribution in [-0.2, 0) is 6.42 Å². The van der Waals surface area contributed by atoms with Crippen LogP contribution in [0.15, 0.2) is 42.5 Å². The van der Waals surface area contributed by atoms with Crippen LogP contribution >= 0.6 is 22.9 Å². The molecule has 0 radical (unpaired) electrons. The van der Waals surface area contributed by atoms with Crippen molar-refractivity contribution in [3.8, 4) is 22.4 Å². The van der Waals surface area contributed by atoms with Crippen molar-refractivity contribution in [2.24, 2.45) is 0 Å². The topological polar surface area (TPSA) is 40.2 Å². The van der Waals surface area contributed by atoms with Gasteiger partial charge in [0, 0.05) is 17.0 Å². The molecule has 0 bridgehead atoms. The molecular formula is C16H12ClIN2S. The lowest BCUT2D eigenvalue weighted by atomic mass is 10.0. The summed E-state index contributed by atoms with van der Waals surface area (Å²) in [6.07, 6.45) is 0.956. The van der Waals surface area contributed by atoms with Gasteiger partial charge >= 0.3 is 5.13 Å². The summed E-state index contributed by atoms with van der Waals surface area (Å²) in [6, 6.07) is 14.5. The van der Waals surface area contributed by atoms with E-state index < -0.39 is 0 Å². The summed E-state index contributed by atoms with van der Waals surface area (Å²) in [7, 11) is 0. The van der Waals surface area contributed by atoms with E-state index in [1.165, 1.54) is 27.3 Å². The van der Waals surface area contributed by atoms with E-state index in [0.717, 1.165) is 22.1 Å². The normalized spacial score (nSPS) is 11.7. The molecule has 0 atom stereocenters. The Morgan fingerprint density at radius 2 is 1.90 bits per heavy atom. The van der Waals surface area contributed by atoms with Crippen LogP contribution in [0.1, 0.15) is 10.4 Å². The molecule has 2 nitrogen and oxygen atoms in total. The Morgan fingerprint density at radius 1 is 1.10 bits per heavy atom. The summed E-state index contributed by atoms with van der Waals surface area (Å²) in [6.45, 7) is 0. The molecule has 1 aromatic heterocycles. The molecule has 0 saturated heterocycles. The number of H-pyrrole nitrogens is 1. The van der Waals surface area contributed by atoms with Gasteiger partial charge in [0.05, 0.1) is 4.88 Å². The second kappa shape index (κ2) is 5.59. The first-order valence-corrected chi connectivity index (χ1v) is 7.60. The fourth-order valence-corrected chi connectivity index (χ4v) is 3.85. The van der Waals surface area contributed by atoms with Crippen molar-refractivity contribution in [1.82, 2.24) is 0 Å². The lowest BCUT2D eigenvalue weighted by Gasteiger charge is -2.05. The molecule has 3 N–H and O–H groups in total. The Morgan fingerprint density at radius 3 is 2.71 bits per heavy atom. The zero-order chi connectivity index (χ0) is 13.7. The number of thiazole rings is 1. The Hall–Kier alpha value is -1.11. The molecule has 0 fully saturated rings. The molecule has 0 spiro atoms. The number of aromatic amines is 1. The maximum atomic E-state index is 6.07. The highest BCUT2D eigenvalue weighted by molar-refractivity contribution is 7.15. The average Bonchev–Trinajstić information content (AvgIpc) is 2.93. The smallest absolute Gasteiger partial charge is 0.330 e. The van der Waals surface area contributed by atoms with Gasteiger partial charge in [-0.25, -0.2) is 4.98 Å². The second-order valence-corrected chi connectivity index (χ2v) is 6.52. The molecule has 2 aromatic carbocycles. The molecule has 3 aromatic rings. The Kier molecular flexibility index (Phi) is 3.94. The summed E-state index contributed by atoms with van der Waals surface area (Å²) in [5, 5.41) is 1.54. The Balaban J connectivity index is 0.00000132. The first kappa shape index (κ1) is 14.8. The van der Waals surface area contributed by atoms with E-state index >= 15 is 0 Å². The van der Waals surface area contributed by atoms with Crippen LogP contribution in [0.5, 0.6) is 0 Å². The first-order chi connectivity index (χ1) is 9.70. The van der Waals surface area contributed by atoms with Crippen molar-refractivity contribution in [3.63, 3.8) is 0 Å². The van der Waals surface area contributed by atoms with E-state index in [1.54, 1.807) is 11.3 Å². The summed E-state index contributed by atoms with van der Waals surface area (Å²) >= 11 is 7.71. The minimum absolute atomic E-state index is 0. The third kappa shape index (κ3) is 2.56. The molecule has 0 unspecified atom stereocenters. The van der Waals surface area contributed by atoms with Crippen molar-refractivity contribution in [1.29, 1.82) is 0 Å². The number of nitrogens with one attached hydrogen (secondary N) is 1. The van der Waals surface area contributed by atoms with Crippen LogP contribution in [0.4, 0.5) is 5.13 Å². The molecule has 106 valence electrons. The molecule has 5 heteroatoms.